The number of nitrogens with zero attached hydrogens (tertiary/aromatic N) is 1. The molecule has 1 aliphatic carbocycles. The Kier molecular flexibility index (Phi) is 5.87. The van der Waals surface area contributed by atoms with E-state index < -0.39 is 0 Å². The summed E-state index contributed by atoms with van der Waals surface area (Å²) in [5.41, 5.74) is 6.24. The van der Waals surface area contributed by atoms with Gasteiger partial charge in [-0.1, -0.05) is 35.9 Å². The SMILES string of the molecule is CCN(CC)C(=O)c1ccc(C(C2=CCC=C2)=C2CCNCC2)cc1. The molecule has 0 bridgehead atoms. The van der Waals surface area contributed by atoms with Gasteiger partial charge < -0.3 is 10.2 Å². The van der Waals surface area contributed by atoms with Crippen LogP contribution < -0.4 is 5.32 Å². The Hall–Kier alpha value is -2.13. The largest absolute Gasteiger partial charge is 0.339 e. The number of hydrogen-bond acceptors (Lipinski definition) is 2. The van der Waals surface area contributed by atoms with Gasteiger partial charge in [0.1, 0.15) is 0 Å². The minimum Gasteiger partial charge on any atom is -0.339 e. The van der Waals surface area contributed by atoms with Gasteiger partial charge in [-0.2, -0.15) is 0 Å². The summed E-state index contributed by atoms with van der Waals surface area (Å²) >= 11 is 0. The molecule has 1 N–H and O–H groups in total. The van der Waals surface area contributed by atoms with Crippen LogP contribution in [0.1, 0.15) is 49.0 Å². The van der Waals surface area contributed by atoms with Crippen LogP contribution in [0.2, 0.25) is 0 Å². The molecule has 0 atom stereocenters. The third-order valence-corrected chi connectivity index (χ3v) is 5.09. The Balaban J connectivity index is 1.92. The van der Waals surface area contributed by atoms with Crippen LogP contribution in [0.5, 0.6) is 0 Å². The van der Waals surface area contributed by atoms with E-state index in [4.69, 9.17) is 0 Å². The standard InChI is InChI=1S/C22H28N2O/c1-3-24(4-2)22(25)20-11-9-18(10-12-20)21(17-7-5-6-8-17)19-13-15-23-16-14-19/h5,7-12,23H,3-4,6,13-16H2,1-2H3. The van der Waals surface area contributed by atoms with Gasteiger partial charge >= 0.3 is 0 Å². The zero-order chi connectivity index (χ0) is 17.6. The molecular formula is C22H28N2O. The van der Waals surface area contributed by atoms with E-state index in [-0.39, 0.29) is 5.91 Å². The summed E-state index contributed by atoms with van der Waals surface area (Å²) in [5, 5.41) is 3.44. The lowest BCUT2D eigenvalue weighted by Gasteiger charge is -2.22. The van der Waals surface area contributed by atoms with Gasteiger partial charge in [0.05, 0.1) is 0 Å². The van der Waals surface area contributed by atoms with Crippen LogP contribution in [0.4, 0.5) is 0 Å². The van der Waals surface area contributed by atoms with Gasteiger partial charge in [0.2, 0.25) is 0 Å². The average Bonchev–Trinajstić information content (AvgIpc) is 3.18. The molecule has 1 saturated heterocycles. The summed E-state index contributed by atoms with van der Waals surface area (Å²) in [6, 6.07) is 8.20. The number of carbonyl (C=O) groups is 1. The fourth-order valence-corrected chi connectivity index (χ4v) is 3.67. The third kappa shape index (κ3) is 3.93. The fraction of sp³-hybridized carbons (Fsp3) is 0.409. The van der Waals surface area contributed by atoms with E-state index in [9.17, 15) is 4.79 Å². The minimum atomic E-state index is 0.118. The first-order valence-corrected chi connectivity index (χ1v) is 9.44. The maximum absolute atomic E-state index is 12.5. The number of piperidine rings is 1. The van der Waals surface area contributed by atoms with Crippen LogP contribution >= 0.6 is 0 Å². The third-order valence-electron chi connectivity index (χ3n) is 5.09. The highest BCUT2D eigenvalue weighted by Crippen LogP contribution is 2.34. The summed E-state index contributed by atoms with van der Waals surface area (Å²) in [6.45, 7) is 7.64. The van der Waals surface area contributed by atoms with Crippen LogP contribution in [-0.2, 0) is 0 Å². The number of carbonyl (C=O) groups excluding carboxylic acids is 1. The van der Waals surface area contributed by atoms with Crippen LogP contribution in [-0.4, -0.2) is 37.0 Å². The summed E-state index contributed by atoms with van der Waals surface area (Å²) in [4.78, 5) is 14.4. The monoisotopic (exact) mass is 336 g/mol. The van der Waals surface area contributed by atoms with Crippen molar-refractivity contribution in [1.29, 1.82) is 0 Å². The Bertz CT molecular complexity index is 698. The molecule has 0 saturated carbocycles. The lowest BCUT2D eigenvalue weighted by atomic mass is 9.88. The predicted molar refractivity (Wildman–Crippen MR) is 105 cm³/mol. The second-order valence-electron chi connectivity index (χ2n) is 6.58. The number of rotatable bonds is 5. The van der Waals surface area contributed by atoms with Crippen molar-refractivity contribution in [3.05, 3.63) is 64.8 Å². The van der Waals surface area contributed by atoms with Crippen molar-refractivity contribution in [2.45, 2.75) is 33.1 Å². The van der Waals surface area contributed by atoms with Gasteiger partial charge in [-0.3, -0.25) is 4.79 Å². The van der Waals surface area contributed by atoms with Gasteiger partial charge in [0, 0.05) is 18.7 Å². The Labute approximate surface area is 151 Å². The van der Waals surface area contributed by atoms with E-state index in [1.54, 1.807) is 0 Å². The molecule has 1 aliphatic heterocycles. The van der Waals surface area contributed by atoms with Gasteiger partial charge in [-0.25, -0.2) is 0 Å². The fourth-order valence-electron chi connectivity index (χ4n) is 3.67. The zero-order valence-electron chi connectivity index (χ0n) is 15.3. The normalized spacial score (nSPS) is 16.7. The minimum absolute atomic E-state index is 0.118. The molecule has 1 fully saturated rings. The second-order valence-corrected chi connectivity index (χ2v) is 6.58. The molecule has 2 aliphatic rings. The molecule has 132 valence electrons. The van der Waals surface area contributed by atoms with Gasteiger partial charge in [0.25, 0.3) is 5.91 Å². The maximum atomic E-state index is 12.5. The molecule has 1 amide bonds. The van der Waals surface area contributed by atoms with E-state index in [0.29, 0.717) is 0 Å². The number of benzene rings is 1. The summed E-state index contributed by atoms with van der Waals surface area (Å²) in [6.07, 6.45) is 9.97. The molecule has 3 heteroatoms. The van der Waals surface area contributed by atoms with Crippen molar-refractivity contribution in [3.63, 3.8) is 0 Å². The maximum Gasteiger partial charge on any atom is 0.253 e. The number of nitrogens with one attached hydrogen (secondary N) is 1. The number of amides is 1. The van der Waals surface area contributed by atoms with Crippen molar-refractivity contribution in [2.24, 2.45) is 0 Å². The zero-order valence-corrected chi connectivity index (χ0v) is 15.3. The van der Waals surface area contributed by atoms with Crippen LogP contribution in [0, 0.1) is 0 Å². The van der Waals surface area contributed by atoms with Gasteiger partial charge in [-0.15, -0.1) is 0 Å². The molecule has 1 aromatic carbocycles. The molecule has 3 rings (SSSR count). The van der Waals surface area contributed by atoms with Crippen LogP contribution in [0.3, 0.4) is 0 Å². The van der Waals surface area contributed by atoms with Crippen molar-refractivity contribution < 1.29 is 4.79 Å². The molecule has 1 heterocycles. The van der Waals surface area contributed by atoms with Gasteiger partial charge in [0.15, 0.2) is 0 Å². The molecule has 3 nitrogen and oxygen atoms in total. The first-order valence-electron chi connectivity index (χ1n) is 9.44. The first kappa shape index (κ1) is 17.7. The Morgan fingerprint density at radius 1 is 1.04 bits per heavy atom. The van der Waals surface area contributed by atoms with E-state index in [0.717, 1.165) is 51.0 Å². The highest BCUT2D eigenvalue weighted by Gasteiger charge is 2.18. The molecule has 0 aromatic heterocycles. The summed E-state index contributed by atoms with van der Waals surface area (Å²) in [7, 11) is 0. The molecule has 0 unspecified atom stereocenters. The number of hydrogen-bond donors (Lipinski definition) is 1. The van der Waals surface area contributed by atoms with Crippen molar-refractivity contribution in [1.82, 2.24) is 10.2 Å². The van der Waals surface area contributed by atoms with E-state index in [1.165, 1.54) is 22.3 Å². The Morgan fingerprint density at radius 2 is 1.68 bits per heavy atom. The molecule has 0 radical (unpaired) electrons. The van der Waals surface area contributed by atoms with E-state index in [1.807, 2.05) is 30.9 Å². The highest BCUT2D eigenvalue weighted by atomic mass is 16.2. The molecule has 25 heavy (non-hydrogen) atoms. The first-order chi connectivity index (χ1) is 12.2. The predicted octanol–water partition coefficient (Wildman–Crippen LogP) is 4.19. The molecule has 1 aromatic rings. The topological polar surface area (TPSA) is 32.3 Å². The number of allylic oxidation sites excluding steroid dienone is 5. The van der Waals surface area contributed by atoms with Crippen molar-refractivity contribution >= 4 is 11.5 Å². The lowest BCUT2D eigenvalue weighted by Crippen LogP contribution is -2.30. The lowest BCUT2D eigenvalue weighted by molar-refractivity contribution is 0.0773. The molecule has 0 spiro atoms. The average molecular weight is 336 g/mol. The summed E-state index contributed by atoms with van der Waals surface area (Å²) < 4.78 is 0. The highest BCUT2D eigenvalue weighted by molar-refractivity contribution is 5.95. The summed E-state index contributed by atoms with van der Waals surface area (Å²) in [5.74, 6) is 0.118. The molecular weight excluding hydrogens is 308 g/mol. The quantitative estimate of drug-likeness (QED) is 0.874. The van der Waals surface area contributed by atoms with Gasteiger partial charge in [-0.05, 0) is 75.0 Å². The van der Waals surface area contributed by atoms with Crippen LogP contribution in [0.25, 0.3) is 5.57 Å². The van der Waals surface area contributed by atoms with Crippen LogP contribution in [0.15, 0.2) is 53.6 Å². The Morgan fingerprint density at radius 3 is 2.24 bits per heavy atom. The smallest absolute Gasteiger partial charge is 0.253 e. The van der Waals surface area contributed by atoms with Crippen molar-refractivity contribution in [3.8, 4) is 0 Å². The van der Waals surface area contributed by atoms with Crippen molar-refractivity contribution in [2.75, 3.05) is 26.2 Å². The van der Waals surface area contributed by atoms with E-state index >= 15 is 0 Å². The van der Waals surface area contributed by atoms with E-state index in [2.05, 4.69) is 35.7 Å². The second kappa shape index (κ2) is 8.30.